The normalized spacial score (nSPS) is 12.6. The smallest absolute Gasteiger partial charge is 0.262 e. The molecule has 0 saturated heterocycles. The van der Waals surface area contributed by atoms with Crippen molar-refractivity contribution in [3.05, 3.63) is 11.3 Å². The fourth-order valence-electron chi connectivity index (χ4n) is 1.44. The van der Waals surface area contributed by atoms with E-state index < -0.39 is 10.0 Å². The molecule has 0 aliphatic heterocycles. The van der Waals surface area contributed by atoms with Crippen molar-refractivity contribution in [2.45, 2.75) is 38.4 Å². The second-order valence-electron chi connectivity index (χ2n) is 4.28. The standard InChI is InChI=1S/C10H20N4O2S/c1-7(2)14(5)17(15,16)10-9(6-11-4)8(3)12-13-10/h7,11H,6H2,1-5H3,(H,12,13). The maximum absolute atomic E-state index is 12.3. The first kappa shape index (κ1) is 14.1. The Morgan fingerprint density at radius 1 is 1.47 bits per heavy atom. The van der Waals surface area contributed by atoms with Crippen molar-refractivity contribution in [2.24, 2.45) is 0 Å². The lowest BCUT2D eigenvalue weighted by Gasteiger charge is -2.20. The molecule has 0 atom stereocenters. The molecule has 0 aliphatic carbocycles. The third-order valence-electron chi connectivity index (χ3n) is 2.74. The minimum Gasteiger partial charge on any atom is -0.316 e. The summed E-state index contributed by atoms with van der Waals surface area (Å²) in [6, 6.07) is -0.0977. The van der Waals surface area contributed by atoms with Gasteiger partial charge in [-0.15, -0.1) is 0 Å². The van der Waals surface area contributed by atoms with E-state index in [1.807, 2.05) is 20.8 Å². The molecule has 1 aromatic heterocycles. The van der Waals surface area contributed by atoms with Crippen molar-refractivity contribution in [1.82, 2.24) is 19.8 Å². The number of aromatic nitrogens is 2. The summed E-state index contributed by atoms with van der Waals surface area (Å²) < 4.78 is 25.9. The lowest BCUT2D eigenvalue weighted by Crippen LogP contribution is -2.34. The van der Waals surface area contributed by atoms with Crippen LogP contribution in [0.4, 0.5) is 0 Å². The van der Waals surface area contributed by atoms with Gasteiger partial charge in [-0.2, -0.15) is 9.40 Å². The highest BCUT2D eigenvalue weighted by atomic mass is 32.2. The van der Waals surface area contributed by atoms with Crippen molar-refractivity contribution in [3.63, 3.8) is 0 Å². The summed E-state index contributed by atoms with van der Waals surface area (Å²) in [5.41, 5.74) is 1.47. The van der Waals surface area contributed by atoms with E-state index in [2.05, 4.69) is 15.5 Å². The highest BCUT2D eigenvalue weighted by Crippen LogP contribution is 2.20. The van der Waals surface area contributed by atoms with Crippen molar-refractivity contribution < 1.29 is 8.42 Å². The van der Waals surface area contributed by atoms with Crippen LogP contribution in [0.1, 0.15) is 25.1 Å². The van der Waals surface area contributed by atoms with Crippen LogP contribution in [0.3, 0.4) is 0 Å². The molecule has 0 radical (unpaired) electrons. The minimum atomic E-state index is -3.52. The molecule has 0 aliphatic rings. The molecule has 6 nitrogen and oxygen atoms in total. The van der Waals surface area contributed by atoms with E-state index in [1.165, 1.54) is 4.31 Å². The largest absolute Gasteiger partial charge is 0.316 e. The lowest BCUT2D eigenvalue weighted by atomic mass is 10.3. The molecule has 98 valence electrons. The third-order valence-corrected chi connectivity index (χ3v) is 4.75. The number of H-pyrrole nitrogens is 1. The van der Waals surface area contributed by atoms with Crippen LogP contribution in [0.2, 0.25) is 0 Å². The van der Waals surface area contributed by atoms with Gasteiger partial charge in [0.2, 0.25) is 0 Å². The molecule has 1 heterocycles. The fraction of sp³-hybridized carbons (Fsp3) is 0.700. The Morgan fingerprint density at radius 2 is 2.06 bits per heavy atom. The predicted molar refractivity (Wildman–Crippen MR) is 66.2 cm³/mol. The van der Waals surface area contributed by atoms with Gasteiger partial charge < -0.3 is 5.32 Å². The molecule has 0 amide bonds. The van der Waals surface area contributed by atoms with E-state index in [0.717, 1.165) is 5.69 Å². The Bertz CT molecular complexity index is 478. The van der Waals surface area contributed by atoms with Crippen LogP contribution in [0.5, 0.6) is 0 Å². The summed E-state index contributed by atoms with van der Waals surface area (Å²) in [4.78, 5) is 0. The Balaban J connectivity index is 3.24. The Kier molecular flexibility index (Phi) is 4.29. The summed E-state index contributed by atoms with van der Waals surface area (Å²) in [7, 11) is -0.184. The number of aryl methyl sites for hydroxylation is 1. The van der Waals surface area contributed by atoms with E-state index in [-0.39, 0.29) is 11.1 Å². The van der Waals surface area contributed by atoms with Crippen LogP contribution < -0.4 is 5.32 Å². The third kappa shape index (κ3) is 2.67. The number of hydrogen-bond acceptors (Lipinski definition) is 4. The van der Waals surface area contributed by atoms with E-state index in [9.17, 15) is 8.42 Å². The van der Waals surface area contributed by atoms with Gasteiger partial charge in [0.15, 0.2) is 5.03 Å². The summed E-state index contributed by atoms with van der Waals surface area (Å²) in [6.45, 7) is 5.94. The summed E-state index contributed by atoms with van der Waals surface area (Å²) in [6.07, 6.45) is 0. The van der Waals surface area contributed by atoms with Gasteiger partial charge in [0.1, 0.15) is 0 Å². The number of rotatable bonds is 5. The monoisotopic (exact) mass is 260 g/mol. The molecule has 0 fully saturated rings. The average molecular weight is 260 g/mol. The Labute approximate surface area is 102 Å². The quantitative estimate of drug-likeness (QED) is 0.806. The molecule has 2 N–H and O–H groups in total. The number of hydrogen-bond donors (Lipinski definition) is 2. The number of aromatic amines is 1. The highest BCUT2D eigenvalue weighted by molar-refractivity contribution is 7.89. The van der Waals surface area contributed by atoms with Gasteiger partial charge in [-0.25, -0.2) is 8.42 Å². The molecule has 0 aromatic carbocycles. The number of nitrogens with zero attached hydrogens (tertiary/aromatic N) is 2. The van der Waals surface area contributed by atoms with E-state index in [4.69, 9.17) is 0 Å². The van der Waals surface area contributed by atoms with Crippen molar-refractivity contribution in [1.29, 1.82) is 0 Å². The maximum Gasteiger partial charge on any atom is 0.262 e. The van der Waals surface area contributed by atoms with Gasteiger partial charge in [0.05, 0.1) is 0 Å². The van der Waals surface area contributed by atoms with Crippen LogP contribution in [0.15, 0.2) is 5.03 Å². The summed E-state index contributed by atoms with van der Waals surface area (Å²) in [5.74, 6) is 0. The minimum absolute atomic E-state index is 0.0977. The molecular weight excluding hydrogens is 240 g/mol. The molecule has 0 spiro atoms. The lowest BCUT2D eigenvalue weighted by molar-refractivity contribution is 0.408. The summed E-state index contributed by atoms with van der Waals surface area (Å²) >= 11 is 0. The molecule has 0 saturated carbocycles. The number of sulfonamides is 1. The zero-order chi connectivity index (χ0) is 13.2. The van der Waals surface area contributed by atoms with Crippen molar-refractivity contribution >= 4 is 10.0 Å². The topological polar surface area (TPSA) is 78.1 Å². The molecule has 17 heavy (non-hydrogen) atoms. The summed E-state index contributed by atoms with van der Waals surface area (Å²) in [5, 5.41) is 9.70. The zero-order valence-corrected chi connectivity index (χ0v) is 11.7. The maximum atomic E-state index is 12.3. The highest BCUT2D eigenvalue weighted by Gasteiger charge is 2.29. The molecule has 0 bridgehead atoms. The molecule has 1 rings (SSSR count). The van der Waals surface area contributed by atoms with Gasteiger partial charge >= 0.3 is 0 Å². The van der Waals surface area contributed by atoms with Crippen molar-refractivity contribution in [3.8, 4) is 0 Å². The van der Waals surface area contributed by atoms with Gasteiger partial charge in [0.25, 0.3) is 10.0 Å². The number of nitrogens with one attached hydrogen (secondary N) is 2. The van der Waals surface area contributed by atoms with Crippen LogP contribution >= 0.6 is 0 Å². The van der Waals surface area contributed by atoms with E-state index in [0.29, 0.717) is 12.1 Å². The zero-order valence-electron chi connectivity index (χ0n) is 10.9. The molecule has 7 heteroatoms. The molecule has 1 aromatic rings. The predicted octanol–water partition coefficient (Wildman–Crippen LogP) is 0.466. The second kappa shape index (κ2) is 5.16. The van der Waals surface area contributed by atoms with Crippen LogP contribution in [0.25, 0.3) is 0 Å². The molecule has 0 unspecified atom stereocenters. The van der Waals surface area contributed by atoms with Crippen LogP contribution in [-0.2, 0) is 16.6 Å². The van der Waals surface area contributed by atoms with E-state index >= 15 is 0 Å². The first-order chi connectivity index (χ1) is 7.82. The van der Waals surface area contributed by atoms with Gasteiger partial charge in [-0.1, -0.05) is 0 Å². The second-order valence-corrected chi connectivity index (χ2v) is 6.19. The first-order valence-corrected chi connectivity index (χ1v) is 6.92. The Morgan fingerprint density at radius 3 is 2.53 bits per heavy atom. The van der Waals surface area contributed by atoms with Gasteiger partial charge in [0, 0.05) is 30.9 Å². The van der Waals surface area contributed by atoms with Crippen LogP contribution in [-0.4, -0.2) is 43.1 Å². The first-order valence-electron chi connectivity index (χ1n) is 5.48. The Hall–Kier alpha value is -0.920. The van der Waals surface area contributed by atoms with Crippen molar-refractivity contribution in [2.75, 3.05) is 14.1 Å². The molecular formula is C10H20N4O2S. The van der Waals surface area contributed by atoms with Gasteiger partial charge in [-0.3, -0.25) is 5.10 Å². The van der Waals surface area contributed by atoms with Crippen LogP contribution in [0, 0.1) is 6.92 Å². The SMILES string of the molecule is CNCc1c(S(=O)(=O)N(C)C(C)C)n[nH]c1C. The average Bonchev–Trinajstić information content (AvgIpc) is 2.60. The fourth-order valence-corrected chi connectivity index (χ4v) is 2.97. The van der Waals surface area contributed by atoms with Gasteiger partial charge in [-0.05, 0) is 27.8 Å². The van der Waals surface area contributed by atoms with E-state index in [1.54, 1.807) is 14.1 Å².